The summed E-state index contributed by atoms with van der Waals surface area (Å²) < 4.78 is 52.5. The Morgan fingerprint density at radius 2 is 1.93 bits per heavy atom. The third-order valence-corrected chi connectivity index (χ3v) is 1.35. The summed E-state index contributed by atoms with van der Waals surface area (Å²) in [5.41, 5.74) is -0.744. The first-order valence-electron chi connectivity index (χ1n) is 3.38. The molecule has 0 bridgehead atoms. The molecule has 1 aromatic rings. The van der Waals surface area contributed by atoms with Crippen molar-refractivity contribution in [2.24, 2.45) is 0 Å². The van der Waals surface area contributed by atoms with Crippen molar-refractivity contribution in [2.75, 3.05) is 0 Å². The van der Waals surface area contributed by atoms with Crippen molar-refractivity contribution in [3.05, 3.63) is 29.3 Å². The Morgan fingerprint density at radius 3 is 2.43 bits per heavy atom. The van der Waals surface area contributed by atoms with Gasteiger partial charge in [0.25, 0.3) is 0 Å². The Hall–Kier alpha value is -1.77. The molecule has 6 heteroatoms. The largest absolute Gasteiger partial charge is 0.433 e. The van der Waals surface area contributed by atoms with Crippen molar-refractivity contribution in [2.45, 2.75) is 6.61 Å². The minimum atomic E-state index is -3.23. The highest BCUT2D eigenvalue weighted by Crippen LogP contribution is 2.23. The minimum absolute atomic E-state index is 0.414. The minimum Gasteiger partial charge on any atom is -0.433 e. The molecule has 0 amide bonds. The fourth-order valence-electron chi connectivity index (χ4n) is 0.847. The lowest BCUT2D eigenvalue weighted by Gasteiger charge is -2.06. The molecule has 0 radical (unpaired) electrons. The van der Waals surface area contributed by atoms with Gasteiger partial charge in [0.2, 0.25) is 0 Å². The lowest BCUT2D eigenvalue weighted by Crippen LogP contribution is -2.05. The number of hydrogen-bond acceptors (Lipinski definition) is 2. The van der Waals surface area contributed by atoms with Gasteiger partial charge in [-0.3, -0.25) is 0 Å². The van der Waals surface area contributed by atoms with Gasteiger partial charge in [-0.1, -0.05) is 0 Å². The number of benzene rings is 1. The Balaban J connectivity index is 3.20. The zero-order valence-corrected chi connectivity index (χ0v) is 6.60. The van der Waals surface area contributed by atoms with E-state index in [0.717, 1.165) is 0 Å². The van der Waals surface area contributed by atoms with Crippen LogP contribution in [0, 0.1) is 23.0 Å². The predicted molar refractivity (Wildman–Crippen MR) is 37.7 cm³/mol. The second kappa shape index (κ2) is 3.96. The standard InChI is InChI=1S/C8H3F4NO/c9-4-1-6(10)5(3-13)7(2-4)14-8(11)12/h1-2,8H. The van der Waals surface area contributed by atoms with E-state index in [-0.39, 0.29) is 0 Å². The van der Waals surface area contributed by atoms with Crippen molar-refractivity contribution in [1.29, 1.82) is 5.26 Å². The van der Waals surface area contributed by atoms with Gasteiger partial charge in [0, 0.05) is 12.1 Å². The fraction of sp³-hybridized carbons (Fsp3) is 0.125. The number of rotatable bonds is 2. The van der Waals surface area contributed by atoms with Gasteiger partial charge >= 0.3 is 6.61 Å². The van der Waals surface area contributed by atoms with Gasteiger partial charge in [-0.25, -0.2) is 8.78 Å². The highest BCUT2D eigenvalue weighted by molar-refractivity contribution is 5.44. The first kappa shape index (κ1) is 10.3. The molecule has 0 aliphatic rings. The molecule has 0 aliphatic heterocycles. The van der Waals surface area contributed by atoms with E-state index in [1.54, 1.807) is 0 Å². The van der Waals surface area contributed by atoms with Crippen molar-refractivity contribution in [3.63, 3.8) is 0 Å². The van der Waals surface area contributed by atoms with Crippen LogP contribution < -0.4 is 4.74 Å². The van der Waals surface area contributed by atoms with Crippen LogP contribution in [-0.2, 0) is 0 Å². The lowest BCUT2D eigenvalue weighted by molar-refractivity contribution is -0.0503. The monoisotopic (exact) mass is 205 g/mol. The van der Waals surface area contributed by atoms with Crippen LogP contribution in [0.3, 0.4) is 0 Å². The molecule has 0 atom stereocenters. The van der Waals surface area contributed by atoms with Crippen LogP contribution in [0.2, 0.25) is 0 Å². The molecule has 2 nitrogen and oxygen atoms in total. The smallest absolute Gasteiger partial charge is 0.387 e. The average Bonchev–Trinajstić information content (AvgIpc) is 2.01. The quantitative estimate of drug-likeness (QED) is 0.694. The zero-order valence-electron chi connectivity index (χ0n) is 6.60. The normalized spacial score (nSPS) is 10.0. The maximum absolute atomic E-state index is 12.8. The molecule has 0 aliphatic carbocycles. The zero-order chi connectivity index (χ0) is 10.7. The van der Waals surface area contributed by atoms with Crippen LogP contribution in [0.5, 0.6) is 5.75 Å². The van der Waals surface area contributed by atoms with Gasteiger partial charge in [-0.2, -0.15) is 14.0 Å². The summed E-state index contributed by atoms with van der Waals surface area (Å²) in [6.07, 6.45) is 0. The van der Waals surface area contributed by atoms with Crippen molar-refractivity contribution < 1.29 is 22.3 Å². The molecular weight excluding hydrogens is 202 g/mol. The van der Waals surface area contributed by atoms with Crippen molar-refractivity contribution in [1.82, 2.24) is 0 Å². The van der Waals surface area contributed by atoms with Crippen molar-refractivity contribution in [3.8, 4) is 11.8 Å². The van der Waals surface area contributed by atoms with Gasteiger partial charge < -0.3 is 4.74 Å². The second-order valence-corrected chi connectivity index (χ2v) is 2.25. The van der Waals surface area contributed by atoms with Gasteiger partial charge in [0.1, 0.15) is 29.0 Å². The highest BCUT2D eigenvalue weighted by atomic mass is 19.3. The molecule has 0 saturated heterocycles. The molecular formula is C8H3F4NO. The Bertz CT molecular complexity index is 386. The summed E-state index contributed by atoms with van der Waals surface area (Å²) in [5.74, 6) is -3.12. The van der Waals surface area contributed by atoms with E-state index in [4.69, 9.17) is 5.26 Å². The van der Waals surface area contributed by atoms with E-state index in [9.17, 15) is 17.6 Å². The number of hydrogen-bond donors (Lipinski definition) is 0. The molecule has 0 aromatic heterocycles. The molecule has 0 fully saturated rings. The third kappa shape index (κ3) is 2.13. The summed E-state index contributed by atoms with van der Waals surface area (Å²) in [5, 5.41) is 8.37. The van der Waals surface area contributed by atoms with Gasteiger partial charge in [0.05, 0.1) is 0 Å². The Kier molecular flexibility index (Phi) is 2.92. The molecule has 74 valence electrons. The molecule has 0 heterocycles. The fourth-order valence-corrected chi connectivity index (χ4v) is 0.847. The maximum Gasteiger partial charge on any atom is 0.387 e. The summed E-state index contributed by atoms with van der Waals surface area (Å²) in [7, 11) is 0. The average molecular weight is 205 g/mol. The van der Waals surface area contributed by atoms with Gasteiger partial charge in [-0.05, 0) is 0 Å². The van der Waals surface area contributed by atoms with Crippen LogP contribution in [0.15, 0.2) is 12.1 Å². The van der Waals surface area contributed by atoms with E-state index in [2.05, 4.69) is 4.74 Å². The Morgan fingerprint density at radius 1 is 1.29 bits per heavy atom. The van der Waals surface area contributed by atoms with Crippen molar-refractivity contribution >= 4 is 0 Å². The summed E-state index contributed by atoms with van der Waals surface area (Å²) >= 11 is 0. The molecule has 0 spiro atoms. The molecule has 1 rings (SSSR count). The molecule has 1 aromatic carbocycles. The second-order valence-electron chi connectivity index (χ2n) is 2.25. The predicted octanol–water partition coefficient (Wildman–Crippen LogP) is 2.44. The number of ether oxygens (including phenoxy) is 1. The number of halogens is 4. The van der Waals surface area contributed by atoms with E-state index in [1.165, 1.54) is 6.07 Å². The first-order chi connectivity index (χ1) is 6.54. The SMILES string of the molecule is N#Cc1c(F)cc(F)cc1OC(F)F. The summed E-state index contributed by atoms with van der Waals surface area (Å²) in [4.78, 5) is 0. The van der Waals surface area contributed by atoms with Gasteiger partial charge in [0.15, 0.2) is 0 Å². The van der Waals surface area contributed by atoms with E-state index in [1.807, 2.05) is 0 Å². The van der Waals surface area contributed by atoms with E-state index < -0.39 is 29.6 Å². The first-order valence-corrected chi connectivity index (χ1v) is 3.38. The molecule has 0 saturated carbocycles. The maximum atomic E-state index is 12.8. The number of alkyl halides is 2. The van der Waals surface area contributed by atoms with Crippen LogP contribution in [0.1, 0.15) is 5.56 Å². The molecule has 0 unspecified atom stereocenters. The molecule has 0 N–H and O–H groups in total. The topological polar surface area (TPSA) is 33.0 Å². The summed E-state index contributed by atoms with van der Waals surface area (Å²) in [6.45, 7) is -3.23. The molecule has 14 heavy (non-hydrogen) atoms. The van der Waals surface area contributed by atoms with E-state index >= 15 is 0 Å². The van der Waals surface area contributed by atoms with E-state index in [0.29, 0.717) is 12.1 Å². The summed E-state index contributed by atoms with van der Waals surface area (Å²) in [6, 6.07) is 2.23. The van der Waals surface area contributed by atoms with Crippen LogP contribution in [0.25, 0.3) is 0 Å². The lowest BCUT2D eigenvalue weighted by atomic mass is 10.2. The van der Waals surface area contributed by atoms with Crippen LogP contribution >= 0.6 is 0 Å². The van der Waals surface area contributed by atoms with Gasteiger partial charge in [-0.15, -0.1) is 0 Å². The van der Waals surface area contributed by atoms with Crippen LogP contribution in [0.4, 0.5) is 17.6 Å². The highest BCUT2D eigenvalue weighted by Gasteiger charge is 2.15. The number of nitriles is 1. The Labute approximate surface area is 76.3 Å². The van der Waals surface area contributed by atoms with Crippen LogP contribution in [-0.4, -0.2) is 6.61 Å². The number of nitrogens with zero attached hydrogens (tertiary/aromatic N) is 1. The third-order valence-electron chi connectivity index (χ3n) is 1.35.